The van der Waals surface area contributed by atoms with Crippen molar-refractivity contribution in [3.05, 3.63) is 81.1 Å². The van der Waals surface area contributed by atoms with Crippen LogP contribution in [0.15, 0.2) is 59.5 Å². The molecule has 124 valence electrons. The summed E-state index contributed by atoms with van der Waals surface area (Å²) in [7, 11) is 1.64. The summed E-state index contributed by atoms with van der Waals surface area (Å²) in [4.78, 5) is 25.5. The van der Waals surface area contributed by atoms with Crippen molar-refractivity contribution < 1.29 is 4.79 Å². The van der Waals surface area contributed by atoms with E-state index < -0.39 is 0 Å². The van der Waals surface area contributed by atoms with Gasteiger partial charge in [0, 0.05) is 36.3 Å². The van der Waals surface area contributed by atoms with Crippen LogP contribution in [0.4, 0.5) is 0 Å². The van der Waals surface area contributed by atoms with E-state index in [0.717, 1.165) is 16.0 Å². The average Bonchev–Trinajstić information content (AvgIpc) is 3.11. The first-order chi connectivity index (χ1) is 12.1. The van der Waals surface area contributed by atoms with Gasteiger partial charge in [-0.25, -0.2) is 0 Å². The molecule has 0 saturated heterocycles. The topological polar surface area (TPSA) is 74.9 Å². The fourth-order valence-electron chi connectivity index (χ4n) is 2.36. The number of benzene rings is 1. The number of thiophene rings is 1. The van der Waals surface area contributed by atoms with Crippen LogP contribution in [0.5, 0.6) is 0 Å². The van der Waals surface area contributed by atoms with Crippen molar-refractivity contribution in [2.75, 3.05) is 0 Å². The molecule has 0 radical (unpaired) electrons. The summed E-state index contributed by atoms with van der Waals surface area (Å²) in [6.07, 6.45) is 1.57. The van der Waals surface area contributed by atoms with Gasteiger partial charge >= 0.3 is 0 Å². The van der Waals surface area contributed by atoms with E-state index in [1.165, 1.54) is 22.0 Å². The molecule has 0 atom stereocenters. The van der Waals surface area contributed by atoms with Gasteiger partial charge in [-0.15, -0.1) is 11.3 Å². The summed E-state index contributed by atoms with van der Waals surface area (Å²) in [5.41, 5.74) is 2.07. The van der Waals surface area contributed by atoms with E-state index in [9.17, 15) is 9.59 Å². The third-order valence-electron chi connectivity index (χ3n) is 3.75. The number of carbonyl (C=O) groups is 1. The quantitative estimate of drug-likeness (QED) is 0.787. The Labute approximate surface area is 148 Å². The Bertz CT molecular complexity index is 1030. The van der Waals surface area contributed by atoms with Gasteiger partial charge in [-0.05, 0) is 35.4 Å². The molecule has 1 N–H and O–H groups in total. The van der Waals surface area contributed by atoms with Gasteiger partial charge in [-0.1, -0.05) is 18.2 Å². The highest BCUT2D eigenvalue weighted by atomic mass is 32.1. The molecule has 3 aromatic rings. The molecule has 1 aromatic carbocycles. The van der Waals surface area contributed by atoms with Crippen molar-refractivity contribution >= 4 is 17.2 Å². The van der Waals surface area contributed by atoms with E-state index >= 15 is 0 Å². The Morgan fingerprint density at radius 3 is 2.80 bits per heavy atom. The summed E-state index contributed by atoms with van der Waals surface area (Å²) in [6.45, 7) is 0.359. The van der Waals surface area contributed by atoms with Crippen LogP contribution in [0.2, 0.25) is 0 Å². The van der Waals surface area contributed by atoms with E-state index in [4.69, 9.17) is 5.26 Å². The van der Waals surface area contributed by atoms with Crippen molar-refractivity contribution in [3.63, 3.8) is 0 Å². The molecule has 0 fully saturated rings. The number of pyridine rings is 1. The second kappa shape index (κ2) is 7.16. The van der Waals surface area contributed by atoms with Crippen LogP contribution in [0.3, 0.4) is 0 Å². The van der Waals surface area contributed by atoms with Crippen LogP contribution in [-0.4, -0.2) is 10.5 Å². The molecule has 3 rings (SSSR count). The van der Waals surface area contributed by atoms with Crippen molar-refractivity contribution in [3.8, 4) is 16.5 Å². The van der Waals surface area contributed by atoms with Gasteiger partial charge in [0.2, 0.25) is 0 Å². The monoisotopic (exact) mass is 349 g/mol. The standard InChI is InChI=1S/C19H15N3O2S/c1-22-8-7-15(10-18(22)23)19(24)21-12-13-3-2-4-14(9-13)17-6-5-16(11-20)25-17/h2-10H,12H2,1H3,(H,21,24). The lowest BCUT2D eigenvalue weighted by atomic mass is 10.1. The number of nitrogens with zero attached hydrogens (tertiary/aromatic N) is 2. The number of amides is 1. The van der Waals surface area contributed by atoms with E-state index in [0.29, 0.717) is 17.0 Å². The highest BCUT2D eigenvalue weighted by molar-refractivity contribution is 7.16. The Morgan fingerprint density at radius 2 is 2.08 bits per heavy atom. The molecule has 6 heteroatoms. The summed E-state index contributed by atoms with van der Waals surface area (Å²) in [6, 6.07) is 16.6. The molecular weight excluding hydrogens is 334 g/mol. The van der Waals surface area contributed by atoms with Crippen LogP contribution in [0, 0.1) is 11.3 Å². The van der Waals surface area contributed by atoms with Crippen molar-refractivity contribution in [1.82, 2.24) is 9.88 Å². The van der Waals surface area contributed by atoms with Crippen molar-refractivity contribution in [2.24, 2.45) is 7.05 Å². The third kappa shape index (κ3) is 3.84. The maximum absolute atomic E-state index is 12.2. The molecule has 0 aliphatic carbocycles. The molecule has 2 aromatic heterocycles. The highest BCUT2D eigenvalue weighted by Gasteiger charge is 2.08. The first-order valence-electron chi connectivity index (χ1n) is 7.61. The molecule has 0 aliphatic heterocycles. The number of aromatic nitrogens is 1. The minimum absolute atomic E-state index is 0.222. The van der Waals surface area contributed by atoms with Crippen molar-refractivity contribution in [2.45, 2.75) is 6.54 Å². The number of hydrogen-bond acceptors (Lipinski definition) is 4. The van der Waals surface area contributed by atoms with Crippen LogP contribution >= 0.6 is 11.3 Å². The Hall–Kier alpha value is -3.17. The number of nitrogens with one attached hydrogen (secondary N) is 1. The van der Waals surface area contributed by atoms with Gasteiger partial charge in [-0.2, -0.15) is 5.26 Å². The number of hydrogen-bond donors (Lipinski definition) is 1. The Balaban J connectivity index is 1.72. The lowest BCUT2D eigenvalue weighted by Crippen LogP contribution is -2.25. The second-order valence-corrected chi connectivity index (χ2v) is 6.61. The smallest absolute Gasteiger partial charge is 0.251 e. The van der Waals surface area contributed by atoms with Gasteiger partial charge in [0.15, 0.2) is 0 Å². The van der Waals surface area contributed by atoms with Crippen LogP contribution in [0.25, 0.3) is 10.4 Å². The summed E-state index contributed by atoms with van der Waals surface area (Å²) in [5.74, 6) is -0.286. The van der Waals surface area contributed by atoms with E-state index in [1.54, 1.807) is 25.4 Å². The summed E-state index contributed by atoms with van der Waals surface area (Å²) >= 11 is 1.43. The molecule has 0 saturated carbocycles. The van der Waals surface area contributed by atoms with Gasteiger partial charge in [0.05, 0.1) is 0 Å². The fourth-order valence-corrected chi connectivity index (χ4v) is 3.16. The summed E-state index contributed by atoms with van der Waals surface area (Å²) in [5, 5.41) is 11.8. The molecular formula is C19H15N3O2S. The molecule has 5 nitrogen and oxygen atoms in total. The minimum atomic E-state index is -0.286. The van der Waals surface area contributed by atoms with E-state index in [2.05, 4.69) is 11.4 Å². The largest absolute Gasteiger partial charge is 0.348 e. The number of nitriles is 1. The fraction of sp³-hybridized carbons (Fsp3) is 0.105. The first kappa shape index (κ1) is 16.7. The number of aryl methyl sites for hydroxylation is 1. The van der Waals surface area contributed by atoms with Crippen LogP contribution in [-0.2, 0) is 13.6 Å². The van der Waals surface area contributed by atoms with E-state index in [-0.39, 0.29) is 11.5 Å². The lowest BCUT2D eigenvalue weighted by molar-refractivity contribution is 0.0950. The zero-order valence-corrected chi connectivity index (χ0v) is 14.3. The molecule has 1 amide bonds. The SMILES string of the molecule is Cn1ccc(C(=O)NCc2cccc(-c3ccc(C#N)s3)c2)cc1=O. The third-order valence-corrected chi connectivity index (χ3v) is 4.79. The predicted molar refractivity (Wildman–Crippen MR) is 97.3 cm³/mol. The highest BCUT2D eigenvalue weighted by Crippen LogP contribution is 2.28. The second-order valence-electron chi connectivity index (χ2n) is 5.52. The zero-order valence-electron chi connectivity index (χ0n) is 13.5. The number of carbonyl (C=O) groups excluding carboxylic acids is 1. The maximum atomic E-state index is 12.2. The van der Waals surface area contributed by atoms with Gasteiger partial charge < -0.3 is 9.88 Å². The normalized spacial score (nSPS) is 10.2. The molecule has 0 unspecified atom stereocenters. The van der Waals surface area contributed by atoms with Gasteiger partial charge in [-0.3, -0.25) is 9.59 Å². The van der Waals surface area contributed by atoms with Crippen LogP contribution < -0.4 is 10.9 Å². The lowest BCUT2D eigenvalue weighted by Gasteiger charge is -2.07. The number of rotatable bonds is 4. The molecule has 0 spiro atoms. The maximum Gasteiger partial charge on any atom is 0.251 e. The first-order valence-corrected chi connectivity index (χ1v) is 8.42. The zero-order chi connectivity index (χ0) is 17.8. The summed E-state index contributed by atoms with van der Waals surface area (Å²) < 4.78 is 1.41. The Kier molecular flexibility index (Phi) is 4.78. The minimum Gasteiger partial charge on any atom is -0.348 e. The predicted octanol–water partition coefficient (Wildman–Crippen LogP) is 2.92. The van der Waals surface area contributed by atoms with Gasteiger partial charge in [0.1, 0.15) is 10.9 Å². The molecule has 0 aliphatic rings. The molecule has 2 heterocycles. The molecule has 25 heavy (non-hydrogen) atoms. The van der Waals surface area contributed by atoms with Crippen molar-refractivity contribution in [1.29, 1.82) is 5.26 Å². The van der Waals surface area contributed by atoms with E-state index in [1.807, 2.05) is 30.3 Å². The van der Waals surface area contributed by atoms with Crippen LogP contribution in [0.1, 0.15) is 20.8 Å². The molecule has 0 bridgehead atoms. The Morgan fingerprint density at radius 1 is 1.24 bits per heavy atom. The average molecular weight is 349 g/mol. The van der Waals surface area contributed by atoms with Gasteiger partial charge in [0.25, 0.3) is 11.5 Å².